The maximum atomic E-state index is 14.0. The van der Waals surface area contributed by atoms with Crippen LogP contribution in [0.4, 0.5) is 5.82 Å². The Balaban J connectivity index is 1.63. The van der Waals surface area contributed by atoms with Crippen molar-refractivity contribution in [3.8, 4) is 5.75 Å². The molecule has 1 fully saturated rings. The number of amides is 2. The number of methoxy groups -OCH3 is 1. The molecule has 0 unspecified atom stereocenters. The lowest BCUT2D eigenvalue weighted by atomic mass is 9.77. The summed E-state index contributed by atoms with van der Waals surface area (Å²) >= 11 is 0. The van der Waals surface area contributed by atoms with E-state index in [1.807, 2.05) is 72.5 Å². The number of carbonyl (C=O) groups excluding carboxylic acids is 2. The number of aryl methyl sites for hydroxylation is 1. The monoisotopic (exact) mass is 469 g/mol. The van der Waals surface area contributed by atoms with Crippen molar-refractivity contribution in [2.75, 3.05) is 12.4 Å². The summed E-state index contributed by atoms with van der Waals surface area (Å²) in [6.07, 6.45) is 5.28. The maximum absolute atomic E-state index is 14.0. The average molecular weight is 470 g/mol. The second-order valence-electron chi connectivity index (χ2n) is 9.44. The molecule has 2 atom stereocenters. The lowest BCUT2D eigenvalue weighted by molar-refractivity contribution is -0.119. The highest BCUT2D eigenvalue weighted by Crippen LogP contribution is 2.46. The fourth-order valence-electron chi connectivity index (χ4n) is 5.57. The standard InChI is InChI=1S/C29H31N3O3/c1-19-9-8-14-25(30-19)31-28(33)26-23-12-6-7-13-24(23)29(34)32(21-10-4-3-5-11-21)27(26)20-15-17-22(35-2)18-16-20/h6-9,12-18,21,26-27H,3-5,10-11H2,1-2H3,(H,30,31,33)/t26-,27-/m1/s1. The van der Waals surface area contributed by atoms with Crippen LogP contribution in [0.3, 0.4) is 0 Å². The number of ether oxygens (including phenoxy) is 1. The van der Waals surface area contributed by atoms with E-state index in [1.165, 1.54) is 6.42 Å². The molecule has 180 valence electrons. The second-order valence-corrected chi connectivity index (χ2v) is 9.44. The molecule has 2 aliphatic rings. The van der Waals surface area contributed by atoms with Gasteiger partial charge in [-0.1, -0.05) is 55.7 Å². The summed E-state index contributed by atoms with van der Waals surface area (Å²) in [4.78, 5) is 34.4. The molecule has 0 saturated heterocycles. The first-order valence-corrected chi connectivity index (χ1v) is 12.4. The van der Waals surface area contributed by atoms with E-state index >= 15 is 0 Å². The topological polar surface area (TPSA) is 71.5 Å². The van der Waals surface area contributed by atoms with Crippen molar-refractivity contribution < 1.29 is 14.3 Å². The first-order valence-electron chi connectivity index (χ1n) is 12.4. The van der Waals surface area contributed by atoms with Crippen LogP contribution in [-0.2, 0) is 4.79 Å². The van der Waals surface area contributed by atoms with E-state index in [-0.39, 0.29) is 17.9 Å². The van der Waals surface area contributed by atoms with E-state index in [4.69, 9.17) is 4.74 Å². The van der Waals surface area contributed by atoms with Crippen LogP contribution in [0.2, 0.25) is 0 Å². The van der Waals surface area contributed by atoms with Crippen molar-refractivity contribution in [1.29, 1.82) is 0 Å². The van der Waals surface area contributed by atoms with Crippen LogP contribution in [0.15, 0.2) is 66.7 Å². The Hall–Kier alpha value is -3.67. The molecule has 1 aliphatic heterocycles. The number of benzene rings is 2. The molecule has 0 spiro atoms. The van der Waals surface area contributed by atoms with Gasteiger partial charge in [0.15, 0.2) is 0 Å². The van der Waals surface area contributed by atoms with E-state index in [9.17, 15) is 9.59 Å². The Labute approximate surface area is 206 Å². The maximum Gasteiger partial charge on any atom is 0.254 e. The number of hydrogen-bond acceptors (Lipinski definition) is 4. The van der Waals surface area contributed by atoms with E-state index in [2.05, 4.69) is 10.3 Å². The molecule has 2 heterocycles. The fourth-order valence-corrected chi connectivity index (χ4v) is 5.57. The number of nitrogens with zero attached hydrogens (tertiary/aromatic N) is 2. The molecule has 2 amide bonds. The molecular formula is C29H31N3O3. The van der Waals surface area contributed by atoms with E-state index in [1.54, 1.807) is 13.2 Å². The minimum absolute atomic E-state index is 0.00560. The fraction of sp³-hybridized carbons (Fsp3) is 0.345. The van der Waals surface area contributed by atoms with Gasteiger partial charge in [0, 0.05) is 17.3 Å². The Bertz CT molecular complexity index is 1220. The van der Waals surface area contributed by atoms with Crippen LogP contribution in [0, 0.1) is 6.92 Å². The summed E-state index contributed by atoms with van der Waals surface area (Å²) in [5.41, 5.74) is 3.13. The lowest BCUT2D eigenvalue weighted by Gasteiger charge is -2.46. The van der Waals surface area contributed by atoms with Crippen LogP contribution < -0.4 is 10.1 Å². The summed E-state index contributed by atoms with van der Waals surface area (Å²) < 4.78 is 5.37. The summed E-state index contributed by atoms with van der Waals surface area (Å²) in [5, 5.41) is 3.04. The minimum Gasteiger partial charge on any atom is -0.497 e. The summed E-state index contributed by atoms with van der Waals surface area (Å²) in [5.74, 6) is 0.532. The average Bonchev–Trinajstić information content (AvgIpc) is 2.89. The van der Waals surface area contributed by atoms with E-state index in [0.29, 0.717) is 11.4 Å². The van der Waals surface area contributed by atoms with Crippen LogP contribution in [0.1, 0.15) is 71.2 Å². The van der Waals surface area contributed by atoms with Gasteiger partial charge < -0.3 is 15.0 Å². The summed E-state index contributed by atoms with van der Waals surface area (Å²) in [6, 6.07) is 20.6. The molecule has 6 nitrogen and oxygen atoms in total. The third-order valence-electron chi connectivity index (χ3n) is 7.22. The third-order valence-corrected chi connectivity index (χ3v) is 7.22. The van der Waals surface area contributed by atoms with Crippen molar-refractivity contribution >= 4 is 17.6 Å². The number of hydrogen-bond donors (Lipinski definition) is 1. The van der Waals surface area contributed by atoms with Crippen molar-refractivity contribution in [2.24, 2.45) is 0 Å². The van der Waals surface area contributed by atoms with Gasteiger partial charge in [-0.2, -0.15) is 0 Å². The number of fused-ring (bicyclic) bond motifs is 1. The van der Waals surface area contributed by atoms with Crippen molar-refractivity contribution in [1.82, 2.24) is 9.88 Å². The molecule has 3 aromatic rings. The molecule has 1 aromatic heterocycles. The van der Waals surface area contributed by atoms with Gasteiger partial charge in [-0.05, 0) is 61.2 Å². The van der Waals surface area contributed by atoms with Gasteiger partial charge in [-0.3, -0.25) is 9.59 Å². The highest BCUT2D eigenvalue weighted by atomic mass is 16.5. The summed E-state index contributed by atoms with van der Waals surface area (Å²) in [6.45, 7) is 1.90. The first kappa shape index (κ1) is 23.1. The zero-order chi connectivity index (χ0) is 24.4. The number of rotatable bonds is 5. The van der Waals surface area contributed by atoms with Gasteiger partial charge in [0.2, 0.25) is 5.91 Å². The van der Waals surface area contributed by atoms with Gasteiger partial charge in [0.05, 0.1) is 19.1 Å². The predicted molar refractivity (Wildman–Crippen MR) is 136 cm³/mol. The Morgan fingerprint density at radius 1 is 0.971 bits per heavy atom. The van der Waals surface area contributed by atoms with Crippen LogP contribution in [-0.4, -0.2) is 34.8 Å². The number of nitrogens with one attached hydrogen (secondary N) is 1. The number of anilines is 1. The molecular weight excluding hydrogens is 438 g/mol. The zero-order valence-electron chi connectivity index (χ0n) is 20.2. The van der Waals surface area contributed by atoms with Gasteiger partial charge >= 0.3 is 0 Å². The SMILES string of the molecule is COc1ccc([C@@H]2[C@H](C(=O)Nc3cccc(C)n3)c3ccccc3C(=O)N2C2CCCCC2)cc1. The molecule has 0 radical (unpaired) electrons. The normalized spacial score (nSPS) is 20.3. The number of carbonyl (C=O) groups is 2. The van der Waals surface area contributed by atoms with Gasteiger partial charge in [-0.15, -0.1) is 0 Å². The highest BCUT2D eigenvalue weighted by molar-refractivity contribution is 6.04. The summed E-state index contributed by atoms with van der Waals surface area (Å²) in [7, 11) is 1.63. The smallest absolute Gasteiger partial charge is 0.254 e. The largest absolute Gasteiger partial charge is 0.497 e. The van der Waals surface area contributed by atoms with Crippen LogP contribution in [0.25, 0.3) is 0 Å². The van der Waals surface area contributed by atoms with Gasteiger partial charge in [0.1, 0.15) is 11.6 Å². The lowest BCUT2D eigenvalue weighted by Crippen LogP contribution is -2.51. The number of aromatic nitrogens is 1. The quantitative estimate of drug-likeness (QED) is 0.524. The van der Waals surface area contributed by atoms with Crippen molar-refractivity contribution in [3.05, 3.63) is 89.1 Å². The number of pyridine rings is 1. The molecule has 5 rings (SSSR count). The Kier molecular flexibility index (Phi) is 6.53. The van der Waals surface area contributed by atoms with Crippen molar-refractivity contribution in [3.63, 3.8) is 0 Å². The third kappa shape index (κ3) is 4.53. The minimum atomic E-state index is -0.568. The first-order chi connectivity index (χ1) is 17.1. The molecule has 1 N–H and O–H groups in total. The molecule has 0 bridgehead atoms. The molecule has 1 aliphatic carbocycles. The molecule has 6 heteroatoms. The second kappa shape index (κ2) is 9.90. The Morgan fingerprint density at radius 2 is 1.71 bits per heavy atom. The van der Waals surface area contributed by atoms with Crippen molar-refractivity contribution in [2.45, 2.75) is 57.0 Å². The molecule has 1 saturated carbocycles. The van der Waals surface area contributed by atoms with E-state index < -0.39 is 12.0 Å². The zero-order valence-corrected chi connectivity index (χ0v) is 20.2. The van der Waals surface area contributed by atoms with Crippen LogP contribution in [0.5, 0.6) is 5.75 Å². The van der Waals surface area contributed by atoms with E-state index in [0.717, 1.165) is 48.3 Å². The van der Waals surface area contributed by atoms with Gasteiger partial charge in [0.25, 0.3) is 5.91 Å². The van der Waals surface area contributed by atoms with Crippen LogP contribution >= 0.6 is 0 Å². The molecule has 35 heavy (non-hydrogen) atoms. The predicted octanol–water partition coefficient (Wildman–Crippen LogP) is 5.65. The highest BCUT2D eigenvalue weighted by Gasteiger charge is 2.46. The Morgan fingerprint density at radius 3 is 2.43 bits per heavy atom. The molecule has 2 aromatic carbocycles. The van der Waals surface area contributed by atoms with Gasteiger partial charge in [-0.25, -0.2) is 4.98 Å².